The predicted octanol–water partition coefficient (Wildman–Crippen LogP) is 5.91. The van der Waals surface area contributed by atoms with E-state index in [-0.39, 0.29) is 0 Å². The van der Waals surface area contributed by atoms with E-state index >= 15 is 0 Å². The molecule has 3 aromatic rings. The van der Waals surface area contributed by atoms with Gasteiger partial charge in [-0.2, -0.15) is 0 Å². The van der Waals surface area contributed by atoms with Crippen LogP contribution in [0.4, 0.5) is 0 Å². The Kier molecular flexibility index (Phi) is 12.8. The Hall–Kier alpha value is -0.704. The van der Waals surface area contributed by atoms with Gasteiger partial charge in [0.05, 0.1) is 0 Å². The standard InChI is InChI=1S/3C6H5.3C3H7.2Sb/c3*1-2-4-6-5-3-1;3*1-3-2;;/h3*1-5H;3*1,3H2,2H3;;. The Morgan fingerprint density at radius 2 is 0.724 bits per heavy atom. The molecule has 154 valence electrons. The van der Waals surface area contributed by atoms with E-state index in [1.54, 1.807) is 13.1 Å². The minimum absolute atomic E-state index is 0.638. The Bertz CT molecular complexity index is 648. The number of rotatable bonds is 9. The van der Waals surface area contributed by atoms with Gasteiger partial charge in [0.25, 0.3) is 0 Å². The molecule has 0 radical (unpaired) electrons. The molecule has 0 fully saturated rings. The van der Waals surface area contributed by atoms with E-state index in [1.807, 2.05) is 0 Å². The minimum atomic E-state index is -1.83. The van der Waals surface area contributed by atoms with Gasteiger partial charge in [0.15, 0.2) is 0 Å². The molecule has 0 spiro atoms. The fraction of sp³-hybridized carbons (Fsp3) is 0.333. The van der Waals surface area contributed by atoms with Crippen LogP contribution in [0.25, 0.3) is 0 Å². The summed E-state index contributed by atoms with van der Waals surface area (Å²) >= 11 is -2.46. The molecule has 0 amide bonds. The Balaban J connectivity index is 0.000000257. The molecule has 0 heterocycles. The third-order valence-corrected chi connectivity index (χ3v) is 20.9. The molecular formula is C27H36Sb2. The van der Waals surface area contributed by atoms with E-state index in [1.165, 1.54) is 29.8 Å². The van der Waals surface area contributed by atoms with Crippen molar-refractivity contribution in [1.82, 2.24) is 0 Å². The van der Waals surface area contributed by atoms with E-state index in [9.17, 15) is 0 Å². The second kappa shape index (κ2) is 15.2. The van der Waals surface area contributed by atoms with Crippen molar-refractivity contribution in [3.8, 4) is 0 Å². The molecule has 0 N–H and O–H groups in total. The summed E-state index contributed by atoms with van der Waals surface area (Å²) in [5.74, 6) is 0. The fourth-order valence-corrected chi connectivity index (χ4v) is 17.4. The van der Waals surface area contributed by atoms with Gasteiger partial charge in [0.1, 0.15) is 0 Å². The van der Waals surface area contributed by atoms with Gasteiger partial charge < -0.3 is 0 Å². The summed E-state index contributed by atoms with van der Waals surface area (Å²) in [5.41, 5.74) is 0. The van der Waals surface area contributed by atoms with E-state index < -0.39 is 40.4 Å². The molecule has 0 unspecified atom stereocenters. The van der Waals surface area contributed by atoms with Crippen molar-refractivity contribution >= 4 is 50.9 Å². The summed E-state index contributed by atoms with van der Waals surface area (Å²) in [6.45, 7) is 7.01. The summed E-state index contributed by atoms with van der Waals surface area (Å²) in [6, 6.07) is 32.9. The summed E-state index contributed by atoms with van der Waals surface area (Å²) in [6.07, 6.45) is 4.34. The van der Waals surface area contributed by atoms with Gasteiger partial charge in [-0.15, -0.1) is 0 Å². The first kappa shape index (κ1) is 24.6. The molecule has 0 saturated heterocycles. The van der Waals surface area contributed by atoms with Gasteiger partial charge in [0, 0.05) is 0 Å². The zero-order chi connectivity index (χ0) is 20.7. The van der Waals surface area contributed by atoms with Crippen LogP contribution in [-0.2, 0) is 0 Å². The van der Waals surface area contributed by atoms with Gasteiger partial charge in [-0.25, -0.2) is 0 Å². The van der Waals surface area contributed by atoms with Gasteiger partial charge >= 0.3 is 195 Å². The maximum atomic E-state index is 2.34. The number of benzene rings is 3. The molecule has 0 atom stereocenters. The Morgan fingerprint density at radius 3 is 0.966 bits per heavy atom. The van der Waals surface area contributed by atoms with Gasteiger partial charge in [0.2, 0.25) is 0 Å². The van der Waals surface area contributed by atoms with Crippen LogP contribution in [0.1, 0.15) is 40.0 Å². The summed E-state index contributed by atoms with van der Waals surface area (Å²) in [5, 5.41) is 0. The van der Waals surface area contributed by atoms with Crippen LogP contribution < -0.4 is 10.5 Å². The molecule has 29 heavy (non-hydrogen) atoms. The first-order valence-electron chi connectivity index (χ1n) is 11.0. The first-order chi connectivity index (χ1) is 14.3. The van der Waals surface area contributed by atoms with Crippen molar-refractivity contribution in [2.45, 2.75) is 53.1 Å². The average Bonchev–Trinajstić information content (AvgIpc) is 2.77. The SMILES string of the molecule is CC[CH2][Sb]([CH2]CC)[CH2]CC.c1cc[c]([Sb]([c]2ccccc2)[c]2ccccc2)cc1. The molecule has 2 heteroatoms. The molecule has 0 aliphatic carbocycles. The maximum absolute atomic E-state index is 2.34. The zero-order valence-electron chi connectivity index (χ0n) is 18.3. The Morgan fingerprint density at radius 1 is 0.448 bits per heavy atom. The monoisotopic (exact) mass is 602 g/mol. The third kappa shape index (κ3) is 8.90. The van der Waals surface area contributed by atoms with Crippen molar-refractivity contribution in [2.24, 2.45) is 0 Å². The molecule has 0 nitrogen and oxygen atoms in total. The second-order valence-electron chi connectivity index (χ2n) is 7.18. The molecule has 0 bridgehead atoms. The van der Waals surface area contributed by atoms with Crippen LogP contribution in [0.15, 0.2) is 91.0 Å². The zero-order valence-corrected chi connectivity index (χ0v) is 23.4. The van der Waals surface area contributed by atoms with E-state index in [2.05, 4.69) is 112 Å². The molecule has 0 aliphatic heterocycles. The molecule has 3 rings (SSSR count). The van der Waals surface area contributed by atoms with Crippen LogP contribution in [-0.4, -0.2) is 40.4 Å². The van der Waals surface area contributed by atoms with Crippen LogP contribution in [0, 0.1) is 0 Å². The quantitative estimate of drug-likeness (QED) is 0.267. The van der Waals surface area contributed by atoms with Crippen molar-refractivity contribution in [3.63, 3.8) is 0 Å². The number of hydrogen-bond donors (Lipinski definition) is 0. The number of hydrogen-bond acceptors (Lipinski definition) is 0. The predicted molar refractivity (Wildman–Crippen MR) is 135 cm³/mol. The van der Waals surface area contributed by atoms with Crippen LogP contribution in [0.3, 0.4) is 0 Å². The van der Waals surface area contributed by atoms with Crippen molar-refractivity contribution < 1.29 is 0 Å². The van der Waals surface area contributed by atoms with Gasteiger partial charge in [-0.1, -0.05) is 0 Å². The van der Waals surface area contributed by atoms with Gasteiger partial charge in [-0.05, 0) is 0 Å². The molecule has 3 aromatic carbocycles. The van der Waals surface area contributed by atoms with Crippen molar-refractivity contribution in [3.05, 3.63) is 91.0 Å². The van der Waals surface area contributed by atoms with Gasteiger partial charge in [-0.3, -0.25) is 0 Å². The Labute approximate surface area is 193 Å². The van der Waals surface area contributed by atoms with E-state index in [0.29, 0.717) is 0 Å². The molecule has 0 aromatic heterocycles. The van der Waals surface area contributed by atoms with Crippen molar-refractivity contribution in [2.75, 3.05) is 0 Å². The topological polar surface area (TPSA) is 0 Å². The van der Waals surface area contributed by atoms with Crippen LogP contribution >= 0.6 is 0 Å². The molecular weight excluding hydrogens is 568 g/mol. The van der Waals surface area contributed by atoms with E-state index in [4.69, 9.17) is 0 Å². The molecule has 0 saturated carbocycles. The van der Waals surface area contributed by atoms with Crippen LogP contribution in [0.2, 0.25) is 13.1 Å². The summed E-state index contributed by atoms with van der Waals surface area (Å²) in [4.78, 5) is 0. The second-order valence-corrected chi connectivity index (χ2v) is 21.2. The van der Waals surface area contributed by atoms with Crippen molar-refractivity contribution in [1.29, 1.82) is 0 Å². The summed E-state index contributed by atoms with van der Waals surface area (Å²) in [7, 11) is 0. The summed E-state index contributed by atoms with van der Waals surface area (Å²) < 4.78 is 9.44. The van der Waals surface area contributed by atoms with Crippen LogP contribution in [0.5, 0.6) is 0 Å². The normalized spacial score (nSPS) is 10.7. The van der Waals surface area contributed by atoms with E-state index in [0.717, 1.165) is 0 Å². The average molecular weight is 604 g/mol. The fourth-order valence-electron chi connectivity index (χ4n) is 3.46. The first-order valence-corrected chi connectivity index (χ1v) is 20.2. The third-order valence-electron chi connectivity index (χ3n) is 4.66. The molecule has 0 aliphatic rings.